The number of carbonyl (C=O) groups is 3. The molecule has 0 aliphatic rings. The second-order valence-electron chi connectivity index (χ2n) is 5.11. The average molecular weight is 377 g/mol. The summed E-state index contributed by atoms with van der Waals surface area (Å²) >= 11 is 6.34. The zero-order valence-corrected chi connectivity index (χ0v) is 14.9. The van der Waals surface area contributed by atoms with Gasteiger partial charge in [0.1, 0.15) is 5.15 Å². The van der Waals surface area contributed by atoms with Gasteiger partial charge in [0.05, 0.1) is 11.4 Å². The van der Waals surface area contributed by atoms with Crippen LogP contribution in [0.1, 0.15) is 11.3 Å². The van der Waals surface area contributed by atoms with Crippen LogP contribution in [-0.2, 0) is 14.3 Å². The van der Waals surface area contributed by atoms with E-state index in [1.807, 2.05) is 35.6 Å². The van der Waals surface area contributed by atoms with E-state index in [0.717, 1.165) is 11.8 Å². The molecule has 0 bridgehead atoms. The van der Waals surface area contributed by atoms with Gasteiger partial charge in [-0.1, -0.05) is 29.8 Å². The number of rotatable bonds is 5. The molecular weight excluding hydrogens is 360 g/mol. The second-order valence-corrected chi connectivity index (χ2v) is 5.46. The zero-order chi connectivity index (χ0) is 19.1. The molecule has 0 spiro atoms. The van der Waals surface area contributed by atoms with E-state index in [4.69, 9.17) is 16.3 Å². The first-order chi connectivity index (χ1) is 12.4. The van der Waals surface area contributed by atoms with Crippen LogP contribution in [0.2, 0.25) is 5.15 Å². The maximum atomic E-state index is 11.7. The van der Waals surface area contributed by atoms with Gasteiger partial charge in [-0.15, -0.1) is 0 Å². The monoisotopic (exact) mass is 376 g/mol. The van der Waals surface area contributed by atoms with Gasteiger partial charge in [-0.05, 0) is 25.1 Å². The molecule has 2 N–H and O–H groups in total. The highest BCUT2D eigenvalue weighted by Gasteiger charge is 2.13. The number of halogens is 1. The van der Waals surface area contributed by atoms with Crippen LogP contribution in [0.15, 0.2) is 36.4 Å². The average Bonchev–Trinajstić information content (AvgIpc) is 2.92. The quantitative estimate of drug-likeness (QED) is 0.612. The maximum absolute atomic E-state index is 11.7. The van der Waals surface area contributed by atoms with E-state index in [-0.39, 0.29) is 0 Å². The van der Waals surface area contributed by atoms with E-state index in [1.54, 1.807) is 11.6 Å². The number of para-hydroxylation sites is 1. The molecule has 0 atom stereocenters. The van der Waals surface area contributed by atoms with Gasteiger partial charge >= 0.3 is 12.0 Å². The molecule has 1 heterocycles. The lowest BCUT2D eigenvalue weighted by Crippen LogP contribution is -2.39. The summed E-state index contributed by atoms with van der Waals surface area (Å²) in [5.41, 5.74) is 1.97. The second kappa shape index (κ2) is 8.82. The minimum atomic E-state index is -0.750. The van der Waals surface area contributed by atoms with Crippen molar-refractivity contribution in [2.75, 3.05) is 13.7 Å². The van der Waals surface area contributed by atoms with E-state index >= 15 is 0 Å². The third-order valence-corrected chi connectivity index (χ3v) is 3.62. The first-order valence-corrected chi connectivity index (χ1v) is 7.97. The van der Waals surface area contributed by atoms with Crippen molar-refractivity contribution in [2.24, 2.45) is 0 Å². The van der Waals surface area contributed by atoms with Gasteiger partial charge in [0.2, 0.25) is 0 Å². The topological polar surface area (TPSA) is 102 Å². The molecule has 8 nitrogen and oxygen atoms in total. The van der Waals surface area contributed by atoms with E-state index in [1.165, 1.54) is 13.1 Å². The summed E-state index contributed by atoms with van der Waals surface area (Å²) in [6.45, 7) is 1.18. The number of nitrogens with one attached hydrogen (secondary N) is 2. The Labute approximate surface area is 154 Å². The first kappa shape index (κ1) is 19.2. The lowest BCUT2D eigenvalue weighted by Gasteiger charge is -2.03. The Bertz CT molecular complexity index is 846. The number of aryl methyl sites for hydroxylation is 1. The summed E-state index contributed by atoms with van der Waals surface area (Å²) in [7, 11) is 1.36. The van der Waals surface area contributed by atoms with Crippen molar-refractivity contribution in [3.8, 4) is 5.69 Å². The molecule has 0 saturated heterocycles. The number of aromatic nitrogens is 2. The molecule has 0 unspecified atom stereocenters. The van der Waals surface area contributed by atoms with Crippen LogP contribution < -0.4 is 10.6 Å². The summed E-state index contributed by atoms with van der Waals surface area (Å²) in [4.78, 5) is 34.0. The molecule has 26 heavy (non-hydrogen) atoms. The molecule has 1 aromatic heterocycles. The van der Waals surface area contributed by atoms with Crippen LogP contribution in [0.4, 0.5) is 4.79 Å². The molecule has 136 valence electrons. The third-order valence-electron chi connectivity index (χ3n) is 3.26. The Morgan fingerprint density at radius 2 is 1.96 bits per heavy atom. The van der Waals surface area contributed by atoms with Gasteiger partial charge in [0.25, 0.3) is 5.91 Å². The van der Waals surface area contributed by atoms with E-state index in [2.05, 4.69) is 10.4 Å². The minimum absolute atomic E-state index is 0.343. The van der Waals surface area contributed by atoms with Crippen molar-refractivity contribution < 1.29 is 19.1 Å². The molecule has 2 rings (SSSR count). The number of urea groups is 1. The molecule has 9 heteroatoms. The first-order valence-electron chi connectivity index (χ1n) is 7.59. The van der Waals surface area contributed by atoms with Crippen molar-refractivity contribution in [3.05, 3.63) is 52.8 Å². The highest BCUT2D eigenvalue weighted by Crippen LogP contribution is 2.24. The predicted molar refractivity (Wildman–Crippen MR) is 95.9 cm³/mol. The van der Waals surface area contributed by atoms with Gasteiger partial charge in [-0.2, -0.15) is 5.10 Å². The summed E-state index contributed by atoms with van der Waals surface area (Å²) in [5.74, 6) is -1.49. The van der Waals surface area contributed by atoms with Crippen molar-refractivity contribution in [1.82, 2.24) is 20.4 Å². The normalized spacial score (nSPS) is 10.6. The SMILES string of the molecule is CNC(=O)NC(=O)COC(=O)/C=C/c1c(C)nn(-c2ccccc2)c1Cl. The van der Waals surface area contributed by atoms with Crippen molar-refractivity contribution in [1.29, 1.82) is 0 Å². The molecule has 1 aromatic carbocycles. The number of hydrogen-bond donors (Lipinski definition) is 2. The summed E-state index contributed by atoms with van der Waals surface area (Å²) in [5, 5.41) is 8.87. The maximum Gasteiger partial charge on any atom is 0.331 e. The standard InChI is InChI=1S/C17H17ClN4O4/c1-11-13(16(18)22(21-11)12-6-4-3-5-7-12)8-9-15(24)26-10-14(23)20-17(25)19-2/h3-9H,10H2,1-2H3,(H2,19,20,23,25)/b9-8+. The number of nitrogens with zero attached hydrogens (tertiary/aromatic N) is 2. The van der Waals surface area contributed by atoms with Crippen molar-refractivity contribution in [3.63, 3.8) is 0 Å². The number of amides is 3. The Morgan fingerprint density at radius 1 is 1.27 bits per heavy atom. The third kappa shape index (κ3) is 4.93. The Hall–Kier alpha value is -3.13. The van der Waals surface area contributed by atoms with E-state index in [0.29, 0.717) is 16.4 Å². The predicted octanol–water partition coefficient (Wildman–Crippen LogP) is 1.85. The number of hydrogen-bond acceptors (Lipinski definition) is 5. The van der Waals surface area contributed by atoms with Crippen LogP contribution in [0.5, 0.6) is 0 Å². The number of carbonyl (C=O) groups excluding carboxylic acids is 3. The molecule has 0 saturated carbocycles. The highest BCUT2D eigenvalue weighted by atomic mass is 35.5. The van der Waals surface area contributed by atoms with Crippen molar-refractivity contribution in [2.45, 2.75) is 6.92 Å². The van der Waals surface area contributed by atoms with Crippen LogP contribution in [0.25, 0.3) is 11.8 Å². The molecular formula is C17H17ClN4O4. The van der Waals surface area contributed by atoms with Gasteiger partial charge in [-0.25, -0.2) is 14.3 Å². The van der Waals surface area contributed by atoms with Gasteiger partial charge < -0.3 is 10.1 Å². The van der Waals surface area contributed by atoms with E-state index in [9.17, 15) is 14.4 Å². The van der Waals surface area contributed by atoms with E-state index < -0.39 is 24.5 Å². The summed E-state index contributed by atoms with van der Waals surface area (Å²) < 4.78 is 6.31. The smallest absolute Gasteiger partial charge is 0.331 e. The number of imide groups is 1. The van der Waals surface area contributed by atoms with Crippen LogP contribution in [0.3, 0.4) is 0 Å². The fourth-order valence-corrected chi connectivity index (χ4v) is 2.34. The van der Waals surface area contributed by atoms with Gasteiger partial charge in [-0.3, -0.25) is 10.1 Å². The Balaban J connectivity index is 2.02. The molecule has 0 aliphatic carbocycles. The molecule has 0 radical (unpaired) electrons. The molecule has 2 aromatic rings. The van der Waals surface area contributed by atoms with Crippen LogP contribution >= 0.6 is 11.6 Å². The fourth-order valence-electron chi connectivity index (χ4n) is 2.00. The van der Waals surface area contributed by atoms with Crippen molar-refractivity contribution >= 4 is 35.6 Å². The van der Waals surface area contributed by atoms with Crippen LogP contribution in [0, 0.1) is 6.92 Å². The lowest BCUT2D eigenvalue weighted by molar-refractivity contribution is -0.143. The van der Waals surface area contributed by atoms with Gasteiger partial charge in [0, 0.05) is 18.7 Å². The minimum Gasteiger partial charge on any atom is -0.452 e. The Kier molecular flexibility index (Phi) is 6.51. The zero-order valence-electron chi connectivity index (χ0n) is 14.2. The number of benzene rings is 1. The number of ether oxygens (including phenoxy) is 1. The Morgan fingerprint density at radius 3 is 2.62 bits per heavy atom. The largest absolute Gasteiger partial charge is 0.452 e. The molecule has 0 aliphatic heterocycles. The summed E-state index contributed by atoms with van der Waals surface area (Å²) in [6.07, 6.45) is 2.60. The highest BCUT2D eigenvalue weighted by molar-refractivity contribution is 6.31. The lowest BCUT2D eigenvalue weighted by atomic mass is 10.2. The molecule has 3 amide bonds. The van der Waals surface area contributed by atoms with Crippen LogP contribution in [-0.4, -0.2) is 41.3 Å². The summed E-state index contributed by atoms with van der Waals surface area (Å²) in [6, 6.07) is 8.62. The fraction of sp³-hybridized carbons (Fsp3) is 0.176. The van der Waals surface area contributed by atoms with Gasteiger partial charge in [0.15, 0.2) is 6.61 Å². The number of esters is 1. The molecule has 0 fully saturated rings.